The predicted octanol–water partition coefficient (Wildman–Crippen LogP) is 2.38. The zero-order valence-corrected chi connectivity index (χ0v) is 14.6. The van der Waals surface area contributed by atoms with Gasteiger partial charge in [0, 0.05) is 37.3 Å². The third-order valence-corrected chi connectivity index (χ3v) is 4.62. The van der Waals surface area contributed by atoms with Crippen LogP contribution in [0.3, 0.4) is 0 Å². The molecule has 1 N–H and O–H groups in total. The van der Waals surface area contributed by atoms with Crippen molar-refractivity contribution in [1.82, 2.24) is 9.38 Å². The fraction of sp³-hybridized carbons (Fsp3) is 0.222. The number of ether oxygens (including phenoxy) is 2. The number of pyridine rings is 2. The van der Waals surface area contributed by atoms with E-state index in [2.05, 4.69) is 10.3 Å². The number of nitro groups is 1. The first-order valence-electron chi connectivity index (χ1n) is 8.19. The molecule has 0 spiro atoms. The molecular weight excluding hydrogens is 352 g/mol. The topological polar surface area (TPSA) is 108 Å². The van der Waals surface area contributed by atoms with Crippen LogP contribution in [-0.2, 0) is 9.47 Å². The van der Waals surface area contributed by atoms with E-state index in [0.717, 1.165) is 0 Å². The van der Waals surface area contributed by atoms with Gasteiger partial charge >= 0.3 is 5.82 Å². The van der Waals surface area contributed by atoms with Crippen molar-refractivity contribution in [3.05, 3.63) is 56.9 Å². The van der Waals surface area contributed by atoms with Crippen molar-refractivity contribution in [3.8, 4) is 0 Å². The number of hydrogen-bond donors (Lipinski definition) is 1. The van der Waals surface area contributed by atoms with Gasteiger partial charge in [-0.15, -0.1) is 0 Å². The van der Waals surface area contributed by atoms with Crippen LogP contribution in [0.15, 0.2) is 41.3 Å². The quantitative estimate of drug-likeness (QED) is 0.316. The number of benzene rings is 1. The smallest absolute Gasteiger partial charge is 0.328 e. The van der Waals surface area contributed by atoms with Crippen molar-refractivity contribution in [2.24, 2.45) is 0 Å². The molecule has 4 rings (SSSR count). The molecule has 138 valence electrons. The van der Waals surface area contributed by atoms with Crippen LogP contribution in [0, 0.1) is 10.1 Å². The van der Waals surface area contributed by atoms with Crippen molar-refractivity contribution in [3.63, 3.8) is 0 Å². The number of fused-ring (bicyclic) bond motifs is 2. The maximum atomic E-state index is 12.9. The molecule has 9 heteroatoms. The second-order valence-electron chi connectivity index (χ2n) is 6.00. The third-order valence-electron chi connectivity index (χ3n) is 4.62. The Kier molecular flexibility index (Phi) is 4.09. The molecule has 0 saturated carbocycles. The summed E-state index contributed by atoms with van der Waals surface area (Å²) in [6.07, 6.45) is 1.03. The Hall–Kier alpha value is -3.30. The largest absolute Gasteiger partial charge is 0.364 e. The van der Waals surface area contributed by atoms with E-state index in [1.165, 1.54) is 36.9 Å². The van der Waals surface area contributed by atoms with Gasteiger partial charge in [-0.25, -0.2) is 4.98 Å². The Morgan fingerprint density at radius 1 is 1.19 bits per heavy atom. The summed E-state index contributed by atoms with van der Waals surface area (Å²) in [6, 6.07) is 8.16. The summed E-state index contributed by atoms with van der Waals surface area (Å²) >= 11 is 0. The Bertz CT molecular complexity index is 1220. The standard InChI is InChI=1S/C18H16N4O5/c1-26-15(27-2)9-20-18-10-4-3-5-12-16(10)11(8-19-18)17(23)13-6-7-14(21(12)13)22(24)25/h3-8,15H,9H2,1-2H3,(H,19,20). The van der Waals surface area contributed by atoms with Gasteiger partial charge in [0.1, 0.15) is 11.3 Å². The normalized spacial score (nSPS) is 11.8. The summed E-state index contributed by atoms with van der Waals surface area (Å²) in [7, 11) is 3.07. The van der Waals surface area contributed by atoms with Crippen LogP contribution in [0.4, 0.5) is 11.6 Å². The van der Waals surface area contributed by atoms with Crippen molar-refractivity contribution in [1.29, 1.82) is 0 Å². The maximum absolute atomic E-state index is 12.9. The molecule has 0 atom stereocenters. The Morgan fingerprint density at radius 2 is 1.96 bits per heavy atom. The average Bonchev–Trinajstić information content (AvgIpc) is 3.13. The Balaban J connectivity index is 2.01. The average molecular weight is 368 g/mol. The monoisotopic (exact) mass is 368 g/mol. The minimum Gasteiger partial charge on any atom is -0.364 e. The number of anilines is 1. The molecule has 0 bridgehead atoms. The van der Waals surface area contributed by atoms with E-state index in [4.69, 9.17) is 9.47 Å². The summed E-state index contributed by atoms with van der Waals surface area (Å²) in [5.74, 6) is 0.391. The van der Waals surface area contributed by atoms with Gasteiger partial charge in [-0.2, -0.15) is 4.40 Å². The number of rotatable bonds is 6. The van der Waals surface area contributed by atoms with E-state index >= 15 is 0 Å². The molecule has 1 aromatic carbocycles. The summed E-state index contributed by atoms with van der Waals surface area (Å²) in [6.45, 7) is 0.349. The third kappa shape index (κ3) is 2.56. The predicted molar refractivity (Wildman–Crippen MR) is 101 cm³/mol. The van der Waals surface area contributed by atoms with E-state index < -0.39 is 11.2 Å². The van der Waals surface area contributed by atoms with Gasteiger partial charge in [-0.1, -0.05) is 12.1 Å². The van der Waals surface area contributed by atoms with Crippen LogP contribution in [0.5, 0.6) is 0 Å². The van der Waals surface area contributed by atoms with Crippen LogP contribution in [-0.4, -0.2) is 41.4 Å². The second kappa shape index (κ2) is 6.45. The highest BCUT2D eigenvalue weighted by molar-refractivity contribution is 6.13. The summed E-state index contributed by atoms with van der Waals surface area (Å²) < 4.78 is 11.7. The lowest BCUT2D eigenvalue weighted by Gasteiger charge is -2.16. The maximum Gasteiger partial charge on any atom is 0.328 e. The molecule has 4 aromatic rings. The molecule has 0 aliphatic heterocycles. The van der Waals surface area contributed by atoms with Crippen molar-refractivity contribution in [2.45, 2.75) is 6.29 Å². The lowest BCUT2D eigenvalue weighted by atomic mass is 10.1. The number of hydrogen-bond acceptors (Lipinski definition) is 7. The highest BCUT2D eigenvalue weighted by Gasteiger charge is 2.23. The lowest BCUT2D eigenvalue weighted by molar-refractivity contribution is -0.390. The summed E-state index contributed by atoms with van der Waals surface area (Å²) in [5, 5.41) is 16.3. The molecule has 9 nitrogen and oxygen atoms in total. The van der Waals surface area contributed by atoms with E-state index in [1.807, 2.05) is 6.07 Å². The number of methoxy groups -OCH3 is 2. The van der Waals surface area contributed by atoms with Crippen molar-refractivity contribution >= 4 is 38.8 Å². The fourth-order valence-corrected chi connectivity index (χ4v) is 3.36. The zero-order chi connectivity index (χ0) is 19.1. The van der Waals surface area contributed by atoms with Gasteiger partial charge in [-0.05, 0) is 17.1 Å². The van der Waals surface area contributed by atoms with Crippen LogP contribution >= 0.6 is 0 Å². The molecule has 0 radical (unpaired) electrons. The zero-order valence-electron chi connectivity index (χ0n) is 14.6. The van der Waals surface area contributed by atoms with E-state index in [-0.39, 0.29) is 16.8 Å². The molecule has 3 aromatic heterocycles. The molecular formula is C18H16N4O5. The molecule has 27 heavy (non-hydrogen) atoms. The minimum atomic E-state index is -0.497. The Morgan fingerprint density at radius 3 is 2.67 bits per heavy atom. The van der Waals surface area contributed by atoms with Gasteiger partial charge in [-0.3, -0.25) is 4.79 Å². The fourth-order valence-electron chi connectivity index (χ4n) is 3.36. The van der Waals surface area contributed by atoms with Gasteiger partial charge in [0.15, 0.2) is 11.8 Å². The highest BCUT2D eigenvalue weighted by Crippen LogP contribution is 2.32. The second-order valence-corrected chi connectivity index (χ2v) is 6.00. The molecule has 0 saturated heterocycles. The van der Waals surface area contributed by atoms with E-state index in [9.17, 15) is 14.9 Å². The van der Waals surface area contributed by atoms with Gasteiger partial charge in [0.05, 0.1) is 11.9 Å². The van der Waals surface area contributed by atoms with Gasteiger partial charge < -0.3 is 24.9 Å². The van der Waals surface area contributed by atoms with Crippen LogP contribution in [0.1, 0.15) is 0 Å². The first-order valence-corrected chi connectivity index (χ1v) is 8.19. The summed E-state index contributed by atoms with van der Waals surface area (Å²) in [4.78, 5) is 28.1. The molecule has 0 amide bonds. The number of nitrogens with zero attached hydrogens (tertiary/aromatic N) is 3. The SMILES string of the molecule is COC(CNc1ncc2c(=O)c3ccc([N+](=O)[O-])n3c3cccc1c23)OC. The number of nitrogens with one attached hydrogen (secondary N) is 1. The van der Waals surface area contributed by atoms with Gasteiger partial charge in [0.25, 0.3) is 0 Å². The molecule has 0 unspecified atom stereocenters. The van der Waals surface area contributed by atoms with E-state index in [0.29, 0.717) is 34.0 Å². The minimum absolute atomic E-state index is 0.151. The lowest BCUT2D eigenvalue weighted by Crippen LogP contribution is -2.24. The van der Waals surface area contributed by atoms with Crippen LogP contribution in [0.2, 0.25) is 0 Å². The summed E-state index contributed by atoms with van der Waals surface area (Å²) in [5.41, 5.74) is 0.537. The van der Waals surface area contributed by atoms with Crippen molar-refractivity contribution < 1.29 is 14.4 Å². The van der Waals surface area contributed by atoms with Crippen LogP contribution in [0.25, 0.3) is 27.2 Å². The van der Waals surface area contributed by atoms with E-state index in [1.54, 1.807) is 12.1 Å². The molecule has 0 aliphatic rings. The first kappa shape index (κ1) is 17.1. The Labute approximate surface area is 152 Å². The molecule has 0 aliphatic carbocycles. The highest BCUT2D eigenvalue weighted by atomic mass is 16.7. The first-order chi connectivity index (χ1) is 13.1. The molecule has 3 heterocycles. The number of aromatic nitrogens is 2. The van der Waals surface area contributed by atoms with Crippen molar-refractivity contribution in [2.75, 3.05) is 26.1 Å². The molecule has 0 fully saturated rings. The van der Waals surface area contributed by atoms with Gasteiger partial charge in [0.2, 0.25) is 5.43 Å². The van der Waals surface area contributed by atoms with Crippen LogP contribution < -0.4 is 10.7 Å².